The summed E-state index contributed by atoms with van der Waals surface area (Å²) >= 11 is 1.40. The predicted molar refractivity (Wildman–Crippen MR) is 97.1 cm³/mol. The SMILES string of the molecule is CC(C)Cc1nnc(NC(=O)CCC(=O)N2CC3CCC(N)C3C2)s1. The van der Waals surface area contributed by atoms with E-state index in [2.05, 4.69) is 29.4 Å². The highest BCUT2D eigenvalue weighted by Crippen LogP contribution is 2.37. The first-order valence-corrected chi connectivity index (χ1v) is 9.89. The van der Waals surface area contributed by atoms with Gasteiger partial charge < -0.3 is 16.0 Å². The molecule has 8 heteroatoms. The second-order valence-corrected chi connectivity index (χ2v) is 8.67. The number of carbonyl (C=O) groups excluding carboxylic acids is 2. The topological polar surface area (TPSA) is 101 Å². The van der Waals surface area contributed by atoms with Crippen molar-refractivity contribution in [2.45, 2.75) is 52.0 Å². The molecule has 2 aliphatic rings. The molecule has 3 unspecified atom stereocenters. The van der Waals surface area contributed by atoms with Gasteiger partial charge in [0.2, 0.25) is 16.9 Å². The van der Waals surface area contributed by atoms with Crippen molar-refractivity contribution in [3.05, 3.63) is 5.01 Å². The Kier molecular flexibility index (Phi) is 5.68. The molecule has 0 aromatic carbocycles. The van der Waals surface area contributed by atoms with Crippen molar-refractivity contribution in [3.63, 3.8) is 0 Å². The van der Waals surface area contributed by atoms with Gasteiger partial charge in [-0.2, -0.15) is 0 Å². The van der Waals surface area contributed by atoms with Gasteiger partial charge in [0.15, 0.2) is 0 Å². The minimum atomic E-state index is -0.184. The largest absolute Gasteiger partial charge is 0.342 e. The fourth-order valence-electron chi connectivity index (χ4n) is 3.81. The van der Waals surface area contributed by atoms with Crippen LogP contribution in [0.25, 0.3) is 0 Å². The van der Waals surface area contributed by atoms with Gasteiger partial charge >= 0.3 is 0 Å². The second-order valence-electron chi connectivity index (χ2n) is 7.61. The fourth-order valence-corrected chi connectivity index (χ4v) is 4.78. The Morgan fingerprint density at radius 2 is 2.08 bits per heavy atom. The summed E-state index contributed by atoms with van der Waals surface area (Å²) in [7, 11) is 0. The maximum absolute atomic E-state index is 12.3. The van der Waals surface area contributed by atoms with Gasteiger partial charge in [0.1, 0.15) is 5.01 Å². The first kappa shape index (κ1) is 18.3. The predicted octanol–water partition coefficient (Wildman–Crippen LogP) is 1.65. The van der Waals surface area contributed by atoms with Crippen molar-refractivity contribution in [1.82, 2.24) is 15.1 Å². The summed E-state index contributed by atoms with van der Waals surface area (Å²) in [4.78, 5) is 26.3. The molecule has 25 heavy (non-hydrogen) atoms. The minimum absolute atomic E-state index is 0.0505. The quantitative estimate of drug-likeness (QED) is 0.798. The number of nitrogens with two attached hydrogens (primary N) is 1. The molecule has 3 atom stereocenters. The first-order valence-electron chi connectivity index (χ1n) is 9.08. The number of nitrogens with zero attached hydrogens (tertiary/aromatic N) is 3. The lowest BCUT2D eigenvalue weighted by molar-refractivity contribution is -0.132. The Hall–Kier alpha value is -1.54. The zero-order chi connectivity index (χ0) is 18.0. The van der Waals surface area contributed by atoms with E-state index in [1.165, 1.54) is 11.3 Å². The summed E-state index contributed by atoms with van der Waals surface area (Å²) in [6.07, 6.45) is 3.45. The summed E-state index contributed by atoms with van der Waals surface area (Å²) in [5.41, 5.74) is 6.11. The van der Waals surface area contributed by atoms with E-state index in [-0.39, 0.29) is 30.7 Å². The molecule has 3 rings (SSSR count). The minimum Gasteiger partial charge on any atom is -0.342 e. The Balaban J connectivity index is 1.41. The van der Waals surface area contributed by atoms with Crippen LogP contribution >= 0.6 is 11.3 Å². The smallest absolute Gasteiger partial charge is 0.226 e. The lowest BCUT2D eigenvalue weighted by atomic mass is 9.98. The van der Waals surface area contributed by atoms with Crippen LogP contribution < -0.4 is 11.1 Å². The van der Waals surface area contributed by atoms with Gasteiger partial charge in [-0.1, -0.05) is 25.2 Å². The molecular formula is C17H27N5O2S. The molecule has 3 N–H and O–H groups in total. The number of carbonyl (C=O) groups is 2. The van der Waals surface area contributed by atoms with Crippen LogP contribution in [0.2, 0.25) is 0 Å². The molecule has 1 aromatic heterocycles. The van der Waals surface area contributed by atoms with E-state index in [1.54, 1.807) is 0 Å². The molecule has 0 bridgehead atoms. The number of aromatic nitrogens is 2. The zero-order valence-corrected chi connectivity index (χ0v) is 15.7. The van der Waals surface area contributed by atoms with E-state index in [0.29, 0.717) is 22.9 Å². The normalized spacial score (nSPS) is 25.4. The molecule has 1 saturated carbocycles. The standard InChI is InChI=1S/C17H27N5O2S/c1-10(2)7-15-20-21-17(25-15)19-14(23)5-6-16(24)22-8-11-3-4-13(18)12(11)9-22/h10-13H,3-9,18H2,1-2H3,(H,19,21,23). The Labute approximate surface area is 152 Å². The average Bonchev–Trinajstić information content (AvgIpc) is 3.23. The van der Waals surface area contributed by atoms with E-state index in [4.69, 9.17) is 5.73 Å². The van der Waals surface area contributed by atoms with Crippen LogP contribution in [0.15, 0.2) is 0 Å². The molecule has 1 aliphatic heterocycles. The molecule has 2 fully saturated rings. The highest BCUT2D eigenvalue weighted by atomic mass is 32.1. The van der Waals surface area contributed by atoms with Crippen molar-refractivity contribution in [3.8, 4) is 0 Å². The van der Waals surface area contributed by atoms with Gasteiger partial charge in [-0.3, -0.25) is 9.59 Å². The molecule has 7 nitrogen and oxygen atoms in total. The molecule has 0 spiro atoms. The number of nitrogens with one attached hydrogen (secondary N) is 1. The Bertz CT molecular complexity index is 632. The highest BCUT2D eigenvalue weighted by Gasteiger charge is 2.42. The molecule has 138 valence electrons. The zero-order valence-electron chi connectivity index (χ0n) is 14.9. The van der Waals surface area contributed by atoms with E-state index < -0.39 is 0 Å². The number of hydrogen-bond donors (Lipinski definition) is 2. The number of fused-ring (bicyclic) bond motifs is 1. The first-order chi connectivity index (χ1) is 11.9. The summed E-state index contributed by atoms with van der Waals surface area (Å²) in [6, 6.07) is 0.225. The van der Waals surface area contributed by atoms with Gasteiger partial charge in [-0.05, 0) is 30.6 Å². The Morgan fingerprint density at radius 3 is 2.80 bits per heavy atom. The third kappa shape index (κ3) is 4.55. The summed E-state index contributed by atoms with van der Waals surface area (Å²) < 4.78 is 0. The van der Waals surface area contributed by atoms with E-state index >= 15 is 0 Å². The van der Waals surface area contributed by atoms with Gasteiger partial charge in [0, 0.05) is 38.4 Å². The number of hydrogen-bond acceptors (Lipinski definition) is 6. The molecular weight excluding hydrogens is 338 g/mol. The van der Waals surface area contributed by atoms with E-state index in [0.717, 1.165) is 37.4 Å². The summed E-state index contributed by atoms with van der Waals surface area (Å²) in [6.45, 7) is 5.78. The summed E-state index contributed by atoms with van der Waals surface area (Å²) in [5.74, 6) is 1.36. The maximum atomic E-state index is 12.3. The molecule has 1 saturated heterocycles. The summed E-state index contributed by atoms with van der Waals surface area (Å²) in [5, 5.41) is 12.2. The van der Waals surface area contributed by atoms with Crippen molar-refractivity contribution in [2.24, 2.45) is 23.5 Å². The van der Waals surface area contributed by atoms with Crippen LogP contribution in [-0.4, -0.2) is 46.0 Å². The van der Waals surface area contributed by atoms with Gasteiger partial charge in [-0.25, -0.2) is 0 Å². The number of amides is 2. The molecule has 1 aliphatic carbocycles. The third-order valence-electron chi connectivity index (χ3n) is 5.13. The van der Waals surface area contributed by atoms with Gasteiger partial charge in [0.25, 0.3) is 0 Å². The number of likely N-dealkylation sites (tertiary alicyclic amines) is 1. The van der Waals surface area contributed by atoms with Gasteiger partial charge in [0.05, 0.1) is 0 Å². The van der Waals surface area contributed by atoms with Crippen molar-refractivity contribution in [1.29, 1.82) is 0 Å². The maximum Gasteiger partial charge on any atom is 0.226 e. The van der Waals surface area contributed by atoms with Crippen LogP contribution in [0.3, 0.4) is 0 Å². The molecule has 1 aromatic rings. The number of anilines is 1. The van der Waals surface area contributed by atoms with Crippen LogP contribution in [-0.2, 0) is 16.0 Å². The highest BCUT2D eigenvalue weighted by molar-refractivity contribution is 7.15. The van der Waals surface area contributed by atoms with Crippen LogP contribution in [0, 0.1) is 17.8 Å². The second kappa shape index (κ2) is 7.78. The van der Waals surface area contributed by atoms with Crippen molar-refractivity contribution in [2.75, 3.05) is 18.4 Å². The van der Waals surface area contributed by atoms with Crippen LogP contribution in [0.4, 0.5) is 5.13 Å². The fraction of sp³-hybridized carbons (Fsp3) is 0.765. The molecule has 2 amide bonds. The third-order valence-corrected chi connectivity index (χ3v) is 5.99. The van der Waals surface area contributed by atoms with E-state index in [1.807, 2.05) is 4.90 Å². The lowest BCUT2D eigenvalue weighted by Gasteiger charge is -2.18. The van der Waals surface area contributed by atoms with Crippen LogP contribution in [0.1, 0.15) is 44.5 Å². The monoisotopic (exact) mass is 365 g/mol. The lowest BCUT2D eigenvalue weighted by Crippen LogP contribution is -2.33. The van der Waals surface area contributed by atoms with Crippen molar-refractivity contribution >= 4 is 28.3 Å². The van der Waals surface area contributed by atoms with Crippen LogP contribution in [0.5, 0.6) is 0 Å². The Morgan fingerprint density at radius 1 is 1.28 bits per heavy atom. The van der Waals surface area contributed by atoms with E-state index in [9.17, 15) is 9.59 Å². The van der Waals surface area contributed by atoms with Gasteiger partial charge in [-0.15, -0.1) is 10.2 Å². The van der Waals surface area contributed by atoms with Crippen molar-refractivity contribution < 1.29 is 9.59 Å². The number of rotatable bonds is 6. The molecule has 2 heterocycles. The molecule has 0 radical (unpaired) electrons. The average molecular weight is 366 g/mol.